The molecular weight excluding hydrogens is 206 g/mol. The van der Waals surface area contributed by atoms with Gasteiger partial charge in [-0.15, -0.1) is 0 Å². The minimum Gasteiger partial charge on any atom is -0.305 e. The third-order valence-corrected chi connectivity index (χ3v) is 3.52. The Morgan fingerprint density at radius 1 is 1.56 bits per heavy atom. The third kappa shape index (κ3) is 1.93. The minimum atomic E-state index is -0.381. The van der Waals surface area contributed by atoms with Gasteiger partial charge in [0.05, 0.1) is 18.5 Å². The Hall–Kier alpha value is -1.41. The summed E-state index contributed by atoms with van der Waals surface area (Å²) in [5, 5.41) is 11.8. The second-order valence-electron chi connectivity index (χ2n) is 4.76. The quantitative estimate of drug-likeness (QED) is 0.680. The van der Waals surface area contributed by atoms with Gasteiger partial charge in [0.25, 0.3) is 0 Å². The van der Waals surface area contributed by atoms with Crippen molar-refractivity contribution in [3.05, 3.63) is 0 Å². The average Bonchev–Trinajstić information content (AvgIpc) is 2.97. The Morgan fingerprint density at radius 2 is 2.25 bits per heavy atom. The molecule has 2 aliphatic rings. The number of nitrogens with zero attached hydrogens (tertiary/aromatic N) is 2. The molecule has 2 fully saturated rings. The maximum atomic E-state index is 11.6. The summed E-state index contributed by atoms with van der Waals surface area (Å²) in [7, 11) is 1.51. The van der Waals surface area contributed by atoms with Crippen molar-refractivity contribution in [2.24, 2.45) is 5.41 Å². The van der Waals surface area contributed by atoms with Crippen molar-refractivity contribution in [3.8, 4) is 6.07 Å². The summed E-state index contributed by atoms with van der Waals surface area (Å²) >= 11 is 0. The first-order valence-electron chi connectivity index (χ1n) is 5.49. The van der Waals surface area contributed by atoms with Crippen molar-refractivity contribution in [3.63, 3.8) is 0 Å². The first kappa shape index (κ1) is 11.1. The number of likely N-dealkylation sites (N-methyl/N-ethyl adjacent to an activating group) is 1. The lowest BCUT2D eigenvalue weighted by Gasteiger charge is -2.15. The summed E-state index contributed by atoms with van der Waals surface area (Å²) in [6.45, 7) is 0.665. The summed E-state index contributed by atoms with van der Waals surface area (Å²) in [6, 6.07) is 1.79. The fourth-order valence-corrected chi connectivity index (χ4v) is 2.02. The number of carbonyl (C=O) groups excluding carboxylic acids is 2. The van der Waals surface area contributed by atoms with Crippen LogP contribution in [-0.4, -0.2) is 36.3 Å². The van der Waals surface area contributed by atoms with E-state index in [0.717, 1.165) is 12.8 Å². The fraction of sp³-hybridized carbons (Fsp3) is 0.727. The molecule has 1 saturated heterocycles. The highest BCUT2D eigenvalue weighted by molar-refractivity contribution is 6.05. The lowest BCUT2D eigenvalue weighted by molar-refractivity contribution is -0.137. The topological polar surface area (TPSA) is 73.2 Å². The van der Waals surface area contributed by atoms with Crippen LogP contribution in [0.1, 0.15) is 25.7 Å². The van der Waals surface area contributed by atoms with Crippen molar-refractivity contribution in [2.45, 2.75) is 31.7 Å². The van der Waals surface area contributed by atoms with E-state index in [1.54, 1.807) is 0 Å². The van der Waals surface area contributed by atoms with E-state index in [-0.39, 0.29) is 29.7 Å². The van der Waals surface area contributed by atoms with Gasteiger partial charge in [0.1, 0.15) is 0 Å². The van der Waals surface area contributed by atoms with Gasteiger partial charge in [-0.2, -0.15) is 5.26 Å². The largest absolute Gasteiger partial charge is 0.305 e. The van der Waals surface area contributed by atoms with Gasteiger partial charge in [0.15, 0.2) is 0 Å². The summed E-state index contributed by atoms with van der Waals surface area (Å²) in [6.07, 6.45) is 2.86. The smallest absolute Gasteiger partial charge is 0.246 e. The monoisotopic (exact) mass is 221 g/mol. The zero-order chi connectivity index (χ0) is 11.8. The molecule has 0 radical (unpaired) electrons. The molecule has 2 rings (SSSR count). The van der Waals surface area contributed by atoms with Crippen LogP contribution in [0.4, 0.5) is 0 Å². The molecule has 0 aromatic carbocycles. The molecule has 0 aromatic heterocycles. The Kier molecular flexibility index (Phi) is 2.68. The zero-order valence-electron chi connectivity index (χ0n) is 9.32. The van der Waals surface area contributed by atoms with E-state index in [1.807, 2.05) is 0 Å². The molecule has 86 valence electrons. The van der Waals surface area contributed by atoms with Crippen LogP contribution in [0, 0.1) is 16.7 Å². The van der Waals surface area contributed by atoms with Crippen molar-refractivity contribution in [1.29, 1.82) is 5.26 Å². The Morgan fingerprint density at radius 3 is 2.69 bits per heavy atom. The first-order valence-corrected chi connectivity index (χ1v) is 5.49. The number of hydrogen-bond donors (Lipinski definition) is 1. The first-order chi connectivity index (χ1) is 7.58. The molecule has 0 bridgehead atoms. The van der Waals surface area contributed by atoms with E-state index in [2.05, 4.69) is 11.4 Å². The highest BCUT2D eigenvalue weighted by atomic mass is 16.2. The molecule has 0 spiro atoms. The van der Waals surface area contributed by atoms with E-state index >= 15 is 0 Å². The minimum absolute atomic E-state index is 0.0687. The molecular formula is C11H15N3O2. The second kappa shape index (κ2) is 3.87. The predicted molar refractivity (Wildman–Crippen MR) is 56.1 cm³/mol. The van der Waals surface area contributed by atoms with Crippen molar-refractivity contribution < 1.29 is 9.59 Å². The summed E-state index contributed by atoms with van der Waals surface area (Å²) in [5.74, 6) is -0.287. The maximum Gasteiger partial charge on any atom is 0.246 e. The van der Waals surface area contributed by atoms with Gasteiger partial charge in [0.2, 0.25) is 11.8 Å². The lowest BCUT2D eigenvalue weighted by Crippen LogP contribution is -2.39. The van der Waals surface area contributed by atoms with Gasteiger partial charge in [-0.1, -0.05) is 0 Å². The average molecular weight is 221 g/mol. The van der Waals surface area contributed by atoms with E-state index in [9.17, 15) is 9.59 Å². The van der Waals surface area contributed by atoms with E-state index < -0.39 is 0 Å². The summed E-state index contributed by atoms with van der Waals surface area (Å²) in [5.41, 5.74) is 0.0687. The number of nitriles is 1. The van der Waals surface area contributed by atoms with Crippen LogP contribution >= 0.6 is 0 Å². The highest BCUT2D eigenvalue weighted by Gasteiger charge is 2.44. The van der Waals surface area contributed by atoms with E-state index in [1.165, 1.54) is 11.9 Å². The SMILES string of the molecule is CN1C(=O)CC(NCC2(CC#N)CC2)C1=O. The predicted octanol–water partition coefficient (Wildman–Crippen LogP) is 0.0272. The van der Waals surface area contributed by atoms with Gasteiger partial charge in [-0.3, -0.25) is 14.5 Å². The number of carbonyl (C=O) groups is 2. The van der Waals surface area contributed by atoms with Gasteiger partial charge in [-0.05, 0) is 18.3 Å². The number of rotatable bonds is 4. The van der Waals surface area contributed by atoms with Gasteiger partial charge in [0, 0.05) is 20.0 Å². The van der Waals surface area contributed by atoms with E-state index in [4.69, 9.17) is 5.26 Å². The van der Waals surface area contributed by atoms with Crippen LogP contribution in [0.15, 0.2) is 0 Å². The Labute approximate surface area is 94.4 Å². The molecule has 1 saturated carbocycles. The fourth-order valence-electron chi connectivity index (χ4n) is 2.02. The Balaban J connectivity index is 1.86. The van der Waals surface area contributed by atoms with Crippen molar-refractivity contribution in [1.82, 2.24) is 10.2 Å². The van der Waals surface area contributed by atoms with E-state index in [0.29, 0.717) is 13.0 Å². The Bertz CT molecular complexity index is 368. The number of nitrogens with one attached hydrogen (secondary N) is 1. The summed E-state index contributed by atoms with van der Waals surface area (Å²) in [4.78, 5) is 24.0. The standard InChI is InChI=1S/C11H15N3O2/c1-14-9(15)6-8(10(14)16)13-7-11(2-3-11)4-5-12/h8,13H,2-4,6-7H2,1H3. The van der Waals surface area contributed by atoms with Crippen LogP contribution in [0.2, 0.25) is 0 Å². The normalized spacial score (nSPS) is 27.0. The zero-order valence-corrected chi connectivity index (χ0v) is 9.32. The third-order valence-electron chi connectivity index (χ3n) is 3.52. The number of amides is 2. The summed E-state index contributed by atoms with van der Waals surface area (Å²) < 4.78 is 0. The molecule has 1 atom stereocenters. The number of imide groups is 1. The van der Waals surface area contributed by atoms with Crippen molar-refractivity contribution in [2.75, 3.05) is 13.6 Å². The number of likely N-dealkylation sites (tertiary alicyclic amines) is 1. The molecule has 16 heavy (non-hydrogen) atoms. The lowest BCUT2D eigenvalue weighted by atomic mass is 10.0. The van der Waals surface area contributed by atoms with Gasteiger partial charge >= 0.3 is 0 Å². The van der Waals surface area contributed by atoms with Gasteiger partial charge in [-0.25, -0.2) is 0 Å². The van der Waals surface area contributed by atoms with Crippen molar-refractivity contribution >= 4 is 11.8 Å². The molecule has 1 aliphatic heterocycles. The van der Waals surface area contributed by atoms with Crippen LogP contribution in [0.25, 0.3) is 0 Å². The highest BCUT2D eigenvalue weighted by Crippen LogP contribution is 2.48. The molecule has 5 nitrogen and oxygen atoms in total. The van der Waals surface area contributed by atoms with Crippen LogP contribution in [-0.2, 0) is 9.59 Å². The maximum absolute atomic E-state index is 11.6. The number of hydrogen-bond acceptors (Lipinski definition) is 4. The molecule has 2 amide bonds. The van der Waals surface area contributed by atoms with Crippen LogP contribution in [0.5, 0.6) is 0 Å². The van der Waals surface area contributed by atoms with Crippen LogP contribution < -0.4 is 5.32 Å². The molecule has 1 heterocycles. The van der Waals surface area contributed by atoms with Gasteiger partial charge < -0.3 is 5.32 Å². The molecule has 1 unspecified atom stereocenters. The molecule has 5 heteroatoms. The van der Waals surface area contributed by atoms with Crippen LogP contribution in [0.3, 0.4) is 0 Å². The second-order valence-corrected chi connectivity index (χ2v) is 4.76. The molecule has 1 aliphatic carbocycles. The molecule has 1 N–H and O–H groups in total. The molecule has 0 aromatic rings.